The molecule has 1 aromatic heterocycles. The van der Waals surface area contributed by atoms with E-state index in [1.165, 1.54) is 12.1 Å². The van der Waals surface area contributed by atoms with Gasteiger partial charge in [-0.15, -0.1) is 5.10 Å². The third kappa shape index (κ3) is 3.16. The summed E-state index contributed by atoms with van der Waals surface area (Å²) in [4.78, 5) is 14.6. The van der Waals surface area contributed by atoms with E-state index in [0.717, 1.165) is 37.2 Å². The van der Waals surface area contributed by atoms with Crippen LogP contribution < -0.4 is 0 Å². The first-order valence-electron chi connectivity index (χ1n) is 8.70. The molecule has 132 valence electrons. The lowest BCUT2D eigenvalue weighted by Crippen LogP contribution is -2.38. The number of nitrogens with zero attached hydrogens (tertiary/aromatic N) is 4. The molecule has 1 saturated heterocycles. The molecule has 0 N–H and O–H groups in total. The van der Waals surface area contributed by atoms with Gasteiger partial charge in [0.25, 0.3) is 5.91 Å². The Labute approximate surface area is 145 Å². The Morgan fingerprint density at radius 2 is 1.96 bits per heavy atom. The van der Waals surface area contributed by atoms with Gasteiger partial charge >= 0.3 is 0 Å². The fourth-order valence-electron chi connectivity index (χ4n) is 3.42. The molecule has 0 spiro atoms. The summed E-state index contributed by atoms with van der Waals surface area (Å²) in [5, 5.41) is 8.26. The summed E-state index contributed by atoms with van der Waals surface area (Å²) in [5.74, 6) is 0.333. The van der Waals surface area contributed by atoms with Crippen molar-refractivity contribution in [3.8, 4) is 0 Å². The van der Waals surface area contributed by atoms with Crippen LogP contribution in [0.2, 0.25) is 0 Å². The number of halogens is 1. The Morgan fingerprint density at radius 3 is 2.68 bits per heavy atom. The highest BCUT2D eigenvalue weighted by molar-refractivity contribution is 5.93. The summed E-state index contributed by atoms with van der Waals surface area (Å²) < 4.78 is 20.7. The van der Waals surface area contributed by atoms with Gasteiger partial charge in [-0.1, -0.05) is 24.3 Å². The van der Waals surface area contributed by atoms with Crippen molar-refractivity contribution in [1.29, 1.82) is 0 Å². The Kier molecular flexibility index (Phi) is 4.25. The normalized spacial score (nSPS) is 21.2. The second-order valence-electron chi connectivity index (χ2n) is 6.89. The zero-order valence-electron chi connectivity index (χ0n) is 14.2. The number of benzene rings is 1. The molecule has 6 nitrogen and oxygen atoms in total. The smallest absolute Gasteiger partial charge is 0.276 e. The van der Waals surface area contributed by atoms with E-state index in [1.54, 1.807) is 16.8 Å². The second-order valence-corrected chi connectivity index (χ2v) is 6.89. The van der Waals surface area contributed by atoms with E-state index in [1.807, 2.05) is 4.90 Å². The molecule has 1 fully saturated rings. The zero-order chi connectivity index (χ0) is 17.4. The average Bonchev–Trinajstić information content (AvgIpc) is 3.05. The van der Waals surface area contributed by atoms with Gasteiger partial charge in [-0.2, -0.15) is 0 Å². The van der Waals surface area contributed by atoms with Crippen molar-refractivity contribution in [2.45, 2.75) is 39.0 Å². The summed E-state index contributed by atoms with van der Waals surface area (Å²) in [6.07, 6.45) is 1.84. The number of fused-ring (bicyclic) bond motifs is 1. The Hall–Kier alpha value is -2.28. The number of hydrogen-bond donors (Lipinski definition) is 0. The van der Waals surface area contributed by atoms with E-state index < -0.39 is 0 Å². The molecule has 2 aliphatic rings. The van der Waals surface area contributed by atoms with Crippen LogP contribution in [0.25, 0.3) is 0 Å². The van der Waals surface area contributed by atoms with Crippen LogP contribution in [0.15, 0.2) is 24.3 Å². The fourth-order valence-corrected chi connectivity index (χ4v) is 3.42. The molecule has 1 aromatic carbocycles. The minimum absolute atomic E-state index is 0.0583. The van der Waals surface area contributed by atoms with E-state index in [4.69, 9.17) is 4.74 Å². The summed E-state index contributed by atoms with van der Waals surface area (Å²) in [6.45, 7) is 4.50. The van der Waals surface area contributed by atoms with Gasteiger partial charge in [-0.05, 0) is 36.5 Å². The van der Waals surface area contributed by atoms with Gasteiger partial charge in [-0.3, -0.25) is 4.79 Å². The van der Waals surface area contributed by atoms with Crippen LogP contribution in [0.3, 0.4) is 0 Å². The maximum absolute atomic E-state index is 13.1. The van der Waals surface area contributed by atoms with E-state index >= 15 is 0 Å². The molecule has 3 heterocycles. The number of carbonyl (C=O) groups is 1. The van der Waals surface area contributed by atoms with Crippen LogP contribution in [-0.4, -0.2) is 38.9 Å². The first kappa shape index (κ1) is 16.2. The van der Waals surface area contributed by atoms with Crippen LogP contribution in [-0.2, 0) is 17.9 Å². The van der Waals surface area contributed by atoms with Gasteiger partial charge in [-0.25, -0.2) is 9.07 Å². The monoisotopic (exact) mass is 344 g/mol. The number of hydrogen-bond acceptors (Lipinski definition) is 4. The van der Waals surface area contributed by atoms with Crippen molar-refractivity contribution in [2.75, 3.05) is 13.1 Å². The maximum atomic E-state index is 13.1. The molecule has 1 amide bonds. The van der Waals surface area contributed by atoms with Crippen molar-refractivity contribution in [3.63, 3.8) is 0 Å². The lowest BCUT2D eigenvalue weighted by atomic mass is 9.99. The Balaban J connectivity index is 1.50. The zero-order valence-corrected chi connectivity index (χ0v) is 14.2. The maximum Gasteiger partial charge on any atom is 0.276 e. The molecular formula is C18H21FN4O2. The van der Waals surface area contributed by atoms with Crippen molar-refractivity contribution >= 4 is 5.91 Å². The van der Waals surface area contributed by atoms with Gasteiger partial charge in [0.05, 0.1) is 18.8 Å². The van der Waals surface area contributed by atoms with Crippen LogP contribution in [0, 0.1) is 11.7 Å². The predicted molar refractivity (Wildman–Crippen MR) is 88.3 cm³/mol. The summed E-state index contributed by atoms with van der Waals surface area (Å²) in [6, 6.07) is 6.26. The molecular weight excluding hydrogens is 323 g/mol. The number of carbonyl (C=O) groups excluding carboxylic acids is 1. The standard InChI is InChI=1S/C18H21FN4O2/c1-12-6-8-22(9-7-12)18(24)17-15-11-25-16(10-23(15)21-20-17)13-2-4-14(19)5-3-13/h2-5,12,16H,6-11H2,1H3. The Bertz CT molecular complexity index is 766. The molecule has 1 unspecified atom stereocenters. The van der Waals surface area contributed by atoms with Crippen molar-refractivity contribution in [1.82, 2.24) is 19.9 Å². The SMILES string of the molecule is CC1CCN(C(=O)c2nnn3c2COC(c2ccc(F)cc2)C3)CC1. The highest BCUT2D eigenvalue weighted by Gasteiger charge is 2.31. The largest absolute Gasteiger partial charge is 0.365 e. The lowest BCUT2D eigenvalue weighted by Gasteiger charge is -2.30. The van der Waals surface area contributed by atoms with E-state index in [-0.39, 0.29) is 24.4 Å². The van der Waals surface area contributed by atoms with Gasteiger partial charge in [0.15, 0.2) is 5.69 Å². The second kappa shape index (κ2) is 6.55. The lowest BCUT2D eigenvalue weighted by molar-refractivity contribution is -0.00203. The minimum Gasteiger partial charge on any atom is -0.365 e. The van der Waals surface area contributed by atoms with Gasteiger partial charge in [0, 0.05) is 13.1 Å². The highest BCUT2D eigenvalue weighted by atomic mass is 19.1. The minimum atomic E-state index is -0.273. The molecule has 4 rings (SSSR count). The van der Waals surface area contributed by atoms with Crippen LogP contribution in [0.4, 0.5) is 4.39 Å². The third-order valence-corrected chi connectivity index (χ3v) is 5.11. The van der Waals surface area contributed by atoms with Crippen LogP contribution >= 0.6 is 0 Å². The van der Waals surface area contributed by atoms with Crippen LogP contribution in [0.5, 0.6) is 0 Å². The van der Waals surface area contributed by atoms with E-state index in [2.05, 4.69) is 17.2 Å². The summed E-state index contributed by atoms with van der Waals surface area (Å²) in [5.41, 5.74) is 2.01. The summed E-state index contributed by atoms with van der Waals surface area (Å²) in [7, 11) is 0. The molecule has 2 aliphatic heterocycles. The molecule has 2 aromatic rings. The Morgan fingerprint density at radius 1 is 1.24 bits per heavy atom. The quantitative estimate of drug-likeness (QED) is 0.840. The number of piperidine rings is 1. The first-order valence-corrected chi connectivity index (χ1v) is 8.70. The number of rotatable bonds is 2. The first-order chi connectivity index (χ1) is 12.1. The van der Waals surface area contributed by atoms with E-state index in [9.17, 15) is 9.18 Å². The number of likely N-dealkylation sites (tertiary alicyclic amines) is 1. The van der Waals surface area contributed by atoms with Crippen molar-refractivity contribution in [3.05, 3.63) is 47.0 Å². The van der Waals surface area contributed by atoms with Gasteiger partial charge in [0.1, 0.15) is 11.9 Å². The highest BCUT2D eigenvalue weighted by Crippen LogP contribution is 2.28. The number of amides is 1. The molecule has 25 heavy (non-hydrogen) atoms. The third-order valence-electron chi connectivity index (χ3n) is 5.11. The number of ether oxygens (including phenoxy) is 1. The molecule has 0 aliphatic carbocycles. The van der Waals surface area contributed by atoms with Crippen molar-refractivity contribution < 1.29 is 13.9 Å². The number of aromatic nitrogens is 3. The van der Waals surface area contributed by atoms with Gasteiger partial charge in [0.2, 0.25) is 0 Å². The van der Waals surface area contributed by atoms with Crippen LogP contribution in [0.1, 0.15) is 47.6 Å². The summed E-state index contributed by atoms with van der Waals surface area (Å²) >= 11 is 0. The fraction of sp³-hybridized carbons (Fsp3) is 0.500. The molecule has 7 heteroatoms. The molecule has 1 atom stereocenters. The topological polar surface area (TPSA) is 60.2 Å². The molecule has 0 radical (unpaired) electrons. The predicted octanol–water partition coefficient (Wildman–Crippen LogP) is 2.56. The molecule has 0 bridgehead atoms. The average molecular weight is 344 g/mol. The van der Waals surface area contributed by atoms with E-state index in [0.29, 0.717) is 18.2 Å². The van der Waals surface area contributed by atoms with Gasteiger partial charge < -0.3 is 9.64 Å². The van der Waals surface area contributed by atoms with Crippen molar-refractivity contribution in [2.24, 2.45) is 5.92 Å². The molecule has 0 saturated carbocycles.